The van der Waals surface area contributed by atoms with Gasteiger partial charge in [-0.15, -0.1) is 0 Å². The van der Waals surface area contributed by atoms with Crippen LogP contribution in [0.5, 0.6) is 23.0 Å². The van der Waals surface area contributed by atoms with E-state index >= 15 is 0 Å². The summed E-state index contributed by atoms with van der Waals surface area (Å²) < 4.78 is 23.1. The van der Waals surface area contributed by atoms with E-state index in [0.717, 1.165) is 102 Å². The minimum atomic E-state index is -1.75. The van der Waals surface area contributed by atoms with Gasteiger partial charge in [0.25, 0.3) is 0 Å². The van der Waals surface area contributed by atoms with Gasteiger partial charge in [0.2, 0.25) is 0 Å². The molecule has 4 aromatic rings. The number of benzene rings is 4. The van der Waals surface area contributed by atoms with Crippen LogP contribution in [0.1, 0.15) is 22.3 Å². The third-order valence-corrected chi connectivity index (χ3v) is 9.28. The van der Waals surface area contributed by atoms with Crippen molar-refractivity contribution in [2.75, 3.05) is 80.8 Å². The van der Waals surface area contributed by atoms with Gasteiger partial charge in [-0.1, -0.05) is 72.8 Å². The smallest absolute Gasteiger partial charge is 1.00 e. The van der Waals surface area contributed by atoms with Gasteiger partial charge in [-0.2, -0.15) is 0 Å². The van der Waals surface area contributed by atoms with E-state index in [-0.39, 0.29) is 35.0 Å². The molecule has 15 heteroatoms. The zero-order chi connectivity index (χ0) is 37.1. The van der Waals surface area contributed by atoms with Crippen LogP contribution < -0.4 is 31.4 Å². The number of para-hydroxylation sites is 4. The number of nitrogens with zero attached hydrogens (tertiary/aromatic N) is 5. The molecule has 1 aliphatic rings. The molecule has 0 spiro atoms. The summed E-state index contributed by atoms with van der Waals surface area (Å²) in [5.41, 5.74) is 4.84. The molecule has 0 atom stereocenters. The van der Waals surface area contributed by atoms with Gasteiger partial charge in [-0.25, -0.2) is 0 Å². The van der Waals surface area contributed by atoms with Crippen molar-refractivity contribution in [2.45, 2.75) is 26.2 Å². The quantitative estimate of drug-likeness (QED) is 0.117. The fourth-order valence-corrected chi connectivity index (χ4v) is 6.51. The first-order chi connectivity index (χ1) is 25.3. The van der Waals surface area contributed by atoms with Gasteiger partial charge in [0.15, 0.2) is 0 Å². The Morgan fingerprint density at radius 1 is 0.455 bits per heavy atom. The second kappa shape index (κ2) is 26.7. The Balaban J connectivity index is 0.00000206. The fraction of sp³-hybridized carbons (Fsp3) is 0.400. The summed E-state index contributed by atoms with van der Waals surface area (Å²) in [7, 11) is 7.04. The normalized spacial score (nSPS) is 14.5. The van der Waals surface area contributed by atoms with Crippen molar-refractivity contribution in [3.8, 4) is 23.0 Å². The van der Waals surface area contributed by atoms with Crippen molar-refractivity contribution in [1.29, 1.82) is 0 Å². The third kappa shape index (κ3) is 16.3. The van der Waals surface area contributed by atoms with Crippen LogP contribution in [0.4, 0.5) is 0 Å². The first-order valence-electron chi connectivity index (χ1n) is 17.5. The Morgan fingerprint density at radius 2 is 0.618 bits per heavy atom. The van der Waals surface area contributed by atoms with E-state index < -0.39 is 5.09 Å². The van der Waals surface area contributed by atoms with E-state index in [0.29, 0.717) is 0 Å². The zero-order valence-corrected chi connectivity index (χ0v) is 33.7. The Labute approximate surface area is 342 Å². The molecule has 0 amide bonds. The summed E-state index contributed by atoms with van der Waals surface area (Å²) in [6, 6.07) is 33.6. The molecule has 13 nitrogen and oxygen atoms in total. The molecule has 0 aliphatic carbocycles. The molecule has 1 fully saturated rings. The van der Waals surface area contributed by atoms with Crippen LogP contribution >= 0.6 is 0 Å². The van der Waals surface area contributed by atoms with Crippen molar-refractivity contribution in [1.82, 2.24) is 19.6 Å². The topological polar surface area (TPSA) is 148 Å². The van der Waals surface area contributed by atoms with Crippen molar-refractivity contribution < 1.29 is 59.0 Å². The maximum atomic E-state index is 8.25. The SMILES string of the molecule is COc1ccccc1CN1CCN(Cc2ccccc2OC)CCN(Cc2ccccc2OC)CCN(Cc2ccccc2OC)CC1.O.O=[N+]([O-])[O-].[Cl-].[Cu+2]. The number of methoxy groups -OCH3 is 4. The summed E-state index contributed by atoms with van der Waals surface area (Å²) in [4.78, 5) is 18.6. The summed E-state index contributed by atoms with van der Waals surface area (Å²) >= 11 is 0. The predicted molar refractivity (Wildman–Crippen MR) is 207 cm³/mol. The average Bonchev–Trinajstić information content (AvgIpc) is 3.16. The summed E-state index contributed by atoms with van der Waals surface area (Å²) in [6.45, 7) is 10.8. The Hall–Kier alpha value is -4.11. The second-order valence-corrected chi connectivity index (χ2v) is 12.6. The number of hydrogen-bond acceptors (Lipinski definition) is 11. The predicted octanol–water partition coefficient (Wildman–Crippen LogP) is 1.98. The van der Waals surface area contributed by atoms with Gasteiger partial charge < -0.3 is 52.2 Å². The van der Waals surface area contributed by atoms with E-state index in [9.17, 15) is 0 Å². The van der Waals surface area contributed by atoms with Crippen molar-refractivity contribution in [3.05, 3.63) is 135 Å². The molecule has 2 N–H and O–H groups in total. The second-order valence-electron chi connectivity index (χ2n) is 12.6. The standard InChI is InChI=1S/C40H52N4O4.ClH.Cu.NO3.H2O/c1-45-37-17-9-5-13-33(37)29-41-21-23-42(30-34-14-6-10-18-38(34)46-2)25-27-44(32-36-16-8-12-20-40(36)48-4)28-26-43(24-22-41)31-35-15-7-11-19-39(35)47-3;;;2-1(3)4;/h5-20H,21-32H2,1-4H3;1H;;;1H2/q;;+2;-1;/p-1. The minimum absolute atomic E-state index is 0. The molecular formula is C40H54ClCuN5O8. The minimum Gasteiger partial charge on any atom is -1.00 e. The molecule has 0 aromatic heterocycles. The van der Waals surface area contributed by atoms with Crippen LogP contribution in [-0.2, 0) is 43.2 Å². The van der Waals surface area contributed by atoms with E-state index in [2.05, 4.69) is 92.4 Å². The molecule has 55 heavy (non-hydrogen) atoms. The molecule has 0 unspecified atom stereocenters. The summed E-state index contributed by atoms with van der Waals surface area (Å²) in [5.74, 6) is 3.75. The van der Waals surface area contributed by atoms with Crippen molar-refractivity contribution in [2.24, 2.45) is 0 Å². The number of hydrogen-bond donors (Lipinski definition) is 0. The van der Waals surface area contributed by atoms with Crippen molar-refractivity contribution >= 4 is 0 Å². The van der Waals surface area contributed by atoms with Gasteiger partial charge in [0.1, 0.15) is 23.0 Å². The maximum absolute atomic E-state index is 8.25. The zero-order valence-electron chi connectivity index (χ0n) is 32.0. The Morgan fingerprint density at radius 3 is 0.782 bits per heavy atom. The molecule has 1 saturated heterocycles. The van der Waals surface area contributed by atoms with E-state index in [1.165, 1.54) is 22.3 Å². The molecule has 0 bridgehead atoms. The van der Waals surface area contributed by atoms with Crippen LogP contribution in [0.25, 0.3) is 0 Å². The van der Waals surface area contributed by atoms with Crippen molar-refractivity contribution in [3.63, 3.8) is 0 Å². The molecular weight excluding hydrogens is 777 g/mol. The van der Waals surface area contributed by atoms with E-state index in [4.69, 9.17) is 34.3 Å². The van der Waals surface area contributed by atoms with E-state index in [1.54, 1.807) is 28.4 Å². The van der Waals surface area contributed by atoms with Crippen LogP contribution in [-0.4, -0.2) is 111 Å². The fourth-order valence-electron chi connectivity index (χ4n) is 6.51. The van der Waals surface area contributed by atoms with Gasteiger partial charge in [-0.05, 0) is 24.3 Å². The monoisotopic (exact) mass is 830 g/mol. The molecule has 1 radical (unpaired) electrons. The Bertz CT molecular complexity index is 1430. The maximum Gasteiger partial charge on any atom is 2.00 e. The first kappa shape index (κ1) is 48.9. The van der Waals surface area contributed by atoms with Crippen LogP contribution in [0.2, 0.25) is 0 Å². The van der Waals surface area contributed by atoms with Crippen LogP contribution in [0.15, 0.2) is 97.1 Å². The molecule has 4 aromatic carbocycles. The number of halogens is 1. The molecule has 0 saturated carbocycles. The summed E-state index contributed by atoms with van der Waals surface area (Å²) in [6.07, 6.45) is 0. The average molecular weight is 832 g/mol. The van der Waals surface area contributed by atoms with Gasteiger partial charge in [0.05, 0.1) is 33.5 Å². The van der Waals surface area contributed by atoms with Gasteiger partial charge in [0, 0.05) is 101 Å². The van der Waals surface area contributed by atoms with E-state index in [1.807, 2.05) is 24.3 Å². The third-order valence-electron chi connectivity index (χ3n) is 9.28. The van der Waals surface area contributed by atoms with Gasteiger partial charge >= 0.3 is 17.1 Å². The summed E-state index contributed by atoms with van der Waals surface area (Å²) in [5, 5.41) is 14.8. The number of ether oxygens (including phenoxy) is 4. The van der Waals surface area contributed by atoms with Crippen LogP contribution in [0, 0.1) is 15.3 Å². The molecule has 1 aliphatic heterocycles. The molecule has 5 rings (SSSR count). The van der Waals surface area contributed by atoms with Crippen LogP contribution in [0.3, 0.4) is 0 Å². The number of rotatable bonds is 12. The molecule has 305 valence electrons. The van der Waals surface area contributed by atoms with Gasteiger partial charge in [-0.3, -0.25) is 19.6 Å². The largest absolute Gasteiger partial charge is 2.00 e. The molecule has 1 heterocycles. The Kier molecular flexibility index (Phi) is 23.7. The first-order valence-corrected chi connectivity index (χ1v) is 17.5.